The molecule has 1 unspecified atom stereocenters. The topological polar surface area (TPSA) is 65.1 Å². The Morgan fingerprint density at radius 1 is 1.29 bits per heavy atom. The van der Waals surface area contributed by atoms with Gasteiger partial charge in [0.2, 0.25) is 0 Å². The highest BCUT2D eigenvalue weighted by Crippen LogP contribution is 2.23. The van der Waals surface area contributed by atoms with Gasteiger partial charge in [0.1, 0.15) is 5.75 Å². The summed E-state index contributed by atoms with van der Waals surface area (Å²) in [4.78, 5) is 0. The zero-order chi connectivity index (χ0) is 15.4. The van der Waals surface area contributed by atoms with Gasteiger partial charge < -0.3 is 4.74 Å². The summed E-state index contributed by atoms with van der Waals surface area (Å²) in [6, 6.07) is 8.13. The summed E-state index contributed by atoms with van der Waals surface area (Å²) in [5.74, 6) is 6.57. The number of ether oxygens (including phenoxy) is 1. The third-order valence-electron chi connectivity index (χ3n) is 4.06. The van der Waals surface area contributed by atoms with Gasteiger partial charge in [0.15, 0.2) is 0 Å². The van der Waals surface area contributed by atoms with Gasteiger partial charge in [-0.05, 0) is 49.9 Å². The van der Waals surface area contributed by atoms with Gasteiger partial charge in [-0.1, -0.05) is 12.1 Å². The largest absolute Gasteiger partial charge is 0.497 e. The maximum Gasteiger partial charge on any atom is 0.118 e. The molecule has 21 heavy (non-hydrogen) atoms. The van der Waals surface area contributed by atoms with E-state index in [-0.39, 0.29) is 6.04 Å². The summed E-state index contributed by atoms with van der Waals surface area (Å²) >= 11 is 0. The van der Waals surface area contributed by atoms with Crippen LogP contribution in [-0.2, 0) is 13.5 Å². The van der Waals surface area contributed by atoms with Gasteiger partial charge in [-0.15, -0.1) is 0 Å². The van der Waals surface area contributed by atoms with E-state index >= 15 is 0 Å². The van der Waals surface area contributed by atoms with Crippen LogP contribution in [0.2, 0.25) is 0 Å². The second-order valence-electron chi connectivity index (χ2n) is 5.30. The number of aromatic nitrogens is 2. The molecule has 114 valence electrons. The van der Waals surface area contributed by atoms with Crippen molar-refractivity contribution in [1.29, 1.82) is 0 Å². The van der Waals surface area contributed by atoms with E-state index in [2.05, 4.69) is 24.4 Å². The van der Waals surface area contributed by atoms with Crippen LogP contribution in [0.15, 0.2) is 24.3 Å². The molecule has 2 rings (SSSR count). The second kappa shape index (κ2) is 6.74. The number of hydrazine groups is 1. The molecule has 1 aromatic heterocycles. The number of nitrogens with two attached hydrogens (primary N) is 1. The first-order chi connectivity index (χ1) is 10.1. The average molecular weight is 288 g/mol. The van der Waals surface area contributed by atoms with Crippen molar-refractivity contribution in [2.24, 2.45) is 12.9 Å². The van der Waals surface area contributed by atoms with E-state index in [1.54, 1.807) is 7.11 Å². The van der Waals surface area contributed by atoms with Crippen LogP contribution in [0.4, 0.5) is 0 Å². The van der Waals surface area contributed by atoms with Gasteiger partial charge in [-0.25, -0.2) is 0 Å². The van der Waals surface area contributed by atoms with Crippen LogP contribution >= 0.6 is 0 Å². The number of aryl methyl sites for hydroxylation is 2. The van der Waals surface area contributed by atoms with Gasteiger partial charge in [0.05, 0.1) is 12.8 Å². The molecule has 0 fully saturated rings. The van der Waals surface area contributed by atoms with E-state index in [1.165, 1.54) is 11.3 Å². The molecule has 0 bridgehead atoms. The van der Waals surface area contributed by atoms with Gasteiger partial charge >= 0.3 is 0 Å². The maximum absolute atomic E-state index is 5.72. The van der Waals surface area contributed by atoms with Crippen molar-refractivity contribution >= 4 is 0 Å². The van der Waals surface area contributed by atoms with Crippen LogP contribution in [0.3, 0.4) is 0 Å². The zero-order valence-electron chi connectivity index (χ0n) is 13.2. The summed E-state index contributed by atoms with van der Waals surface area (Å²) in [5.41, 5.74) is 7.70. The number of hydrogen-bond acceptors (Lipinski definition) is 4. The monoisotopic (exact) mass is 288 g/mol. The van der Waals surface area contributed by atoms with Crippen LogP contribution in [0.25, 0.3) is 0 Å². The molecule has 5 nitrogen and oxygen atoms in total. The normalized spacial score (nSPS) is 12.4. The molecule has 2 aromatic rings. The highest BCUT2D eigenvalue weighted by Gasteiger charge is 2.14. The fourth-order valence-corrected chi connectivity index (χ4v) is 2.65. The lowest BCUT2D eigenvalue weighted by Gasteiger charge is -2.17. The Hall–Kier alpha value is -1.85. The number of nitrogens with zero attached hydrogens (tertiary/aromatic N) is 2. The van der Waals surface area contributed by atoms with Crippen molar-refractivity contribution in [3.8, 4) is 5.75 Å². The maximum atomic E-state index is 5.72. The Labute approximate surface area is 126 Å². The summed E-state index contributed by atoms with van der Waals surface area (Å²) in [5, 5.41) is 4.46. The second-order valence-corrected chi connectivity index (χ2v) is 5.30. The van der Waals surface area contributed by atoms with Crippen molar-refractivity contribution in [2.45, 2.75) is 32.7 Å². The average Bonchev–Trinajstić information content (AvgIpc) is 2.74. The number of methoxy groups -OCH3 is 1. The minimum absolute atomic E-state index is 0.120. The van der Waals surface area contributed by atoms with Crippen molar-refractivity contribution in [2.75, 3.05) is 7.11 Å². The first-order valence-electron chi connectivity index (χ1n) is 7.16. The standard InChI is InChI=1S/C16H24N4O/c1-11-15(12(2)20(3)19-11)9-10-16(18-17)13-5-7-14(21-4)8-6-13/h5-8,16,18H,9-10,17H2,1-4H3. The van der Waals surface area contributed by atoms with Gasteiger partial charge in [0.25, 0.3) is 0 Å². The number of benzene rings is 1. The van der Waals surface area contributed by atoms with Gasteiger partial charge in [-0.3, -0.25) is 16.0 Å². The first kappa shape index (κ1) is 15.5. The summed E-state index contributed by atoms with van der Waals surface area (Å²) in [6.45, 7) is 4.16. The highest BCUT2D eigenvalue weighted by molar-refractivity contribution is 5.30. The minimum atomic E-state index is 0.120. The van der Waals surface area contributed by atoms with Crippen molar-refractivity contribution in [3.05, 3.63) is 46.8 Å². The van der Waals surface area contributed by atoms with E-state index < -0.39 is 0 Å². The number of hydrogen-bond donors (Lipinski definition) is 2. The molecule has 0 saturated carbocycles. The molecule has 0 spiro atoms. The van der Waals surface area contributed by atoms with Crippen LogP contribution in [0.1, 0.15) is 35.0 Å². The third kappa shape index (κ3) is 3.43. The van der Waals surface area contributed by atoms with E-state index in [4.69, 9.17) is 10.6 Å². The molecule has 0 aliphatic heterocycles. The molecule has 0 aliphatic carbocycles. The summed E-state index contributed by atoms with van der Waals surface area (Å²) in [6.07, 6.45) is 1.88. The smallest absolute Gasteiger partial charge is 0.118 e. The van der Waals surface area contributed by atoms with Crippen LogP contribution < -0.4 is 16.0 Å². The highest BCUT2D eigenvalue weighted by atomic mass is 16.5. The molecule has 1 atom stereocenters. The first-order valence-corrected chi connectivity index (χ1v) is 7.16. The third-order valence-corrected chi connectivity index (χ3v) is 4.06. The fourth-order valence-electron chi connectivity index (χ4n) is 2.65. The molecular weight excluding hydrogens is 264 g/mol. The number of rotatable bonds is 6. The van der Waals surface area contributed by atoms with E-state index in [0.29, 0.717) is 0 Å². The predicted molar refractivity (Wildman–Crippen MR) is 84.1 cm³/mol. The van der Waals surface area contributed by atoms with Crippen LogP contribution in [-0.4, -0.2) is 16.9 Å². The summed E-state index contributed by atoms with van der Waals surface area (Å²) in [7, 11) is 3.65. The number of nitrogens with one attached hydrogen (secondary N) is 1. The SMILES string of the molecule is COc1ccc(C(CCc2c(C)nn(C)c2C)NN)cc1. The van der Waals surface area contributed by atoms with E-state index in [1.807, 2.05) is 36.0 Å². The van der Waals surface area contributed by atoms with Crippen LogP contribution in [0, 0.1) is 13.8 Å². The molecule has 0 saturated heterocycles. The molecule has 1 heterocycles. The molecular formula is C16H24N4O. The molecule has 0 aliphatic rings. The lowest BCUT2D eigenvalue weighted by atomic mass is 9.98. The van der Waals surface area contributed by atoms with Gasteiger partial charge in [-0.2, -0.15) is 5.10 Å². The fraction of sp³-hybridized carbons (Fsp3) is 0.438. The van der Waals surface area contributed by atoms with E-state index in [0.717, 1.165) is 29.8 Å². The Balaban J connectivity index is 2.08. The van der Waals surface area contributed by atoms with Crippen molar-refractivity contribution in [3.63, 3.8) is 0 Å². The lowest BCUT2D eigenvalue weighted by molar-refractivity contribution is 0.414. The van der Waals surface area contributed by atoms with Crippen LogP contribution in [0.5, 0.6) is 5.75 Å². The molecule has 1 aromatic carbocycles. The Bertz CT molecular complexity index is 589. The molecule has 3 N–H and O–H groups in total. The Morgan fingerprint density at radius 3 is 2.43 bits per heavy atom. The zero-order valence-corrected chi connectivity index (χ0v) is 13.2. The van der Waals surface area contributed by atoms with E-state index in [9.17, 15) is 0 Å². The molecule has 0 amide bonds. The predicted octanol–water partition coefficient (Wildman–Crippen LogP) is 2.18. The minimum Gasteiger partial charge on any atom is -0.497 e. The van der Waals surface area contributed by atoms with Crippen molar-refractivity contribution < 1.29 is 4.74 Å². The summed E-state index contributed by atoms with van der Waals surface area (Å²) < 4.78 is 7.12. The van der Waals surface area contributed by atoms with Gasteiger partial charge in [0, 0.05) is 18.8 Å². The lowest BCUT2D eigenvalue weighted by Crippen LogP contribution is -2.28. The van der Waals surface area contributed by atoms with Crippen molar-refractivity contribution in [1.82, 2.24) is 15.2 Å². The Morgan fingerprint density at radius 2 is 1.95 bits per heavy atom. The molecule has 0 radical (unpaired) electrons. The molecule has 5 heteroatoms. The Kier molecular flexibility index (Phi) is 4.98. The quantitative estimate of drug-likeness (QED) is 0.631.